The predicted molar refractivity (Wildman–Crippen MR) is 103 cm³/mol. The molecule has 0 saturated carbocycles. The van der Waals surface area contributed by atoms with E-state index in [1.54, 1.807) is 6.07 Å². The highest BCUT2D eigenvalue weighted by atomic mass is 16.5. The molecule has 0 aliphatic heterocycles. The molecule has 2 heterocycles. The summed E-state index contributed by atoms with van der Waals surface area (Å²) in [5, 5.41) is 7.28. The molecule has 6 heteroatoms. The van der Waals surface area contributed by atoms with Gasteiger partial charge in [-0.2, -0.15) is 5.10 Å². The number of aromatic nitrogens is 2. The van der Waals surface area contributed by atoms with Crippen LogP contribution in [-0.2, 0) is 13.1 Å². The van der Waals surface area contributed by atoms with Gasteiger partial charge >= 0.3 is 0 Å². The first-order chi connectivity index (χ1) is 12.9. The molecule has 0 radical (unpaired) electrons. The summed E-state index contributed by atoms with van der Waals surface area (Å²) < 4.78 is 13.1. The first kappa shape index (κ1) is 18.8. The fourth-order valence-electron chi connectivity index (χ4n) is 2.80. The maximum absolute atomic E-state index is 12.3. The first-order valence-corrected chi connectivity index (χ1v) is 9.04. The van der Waals surface area contributed by atoms with Crippen LogP contribution in [0, 0.1) is 13.8 Å². The van der Waals surface area contributed by atoms with Gasteiger partial charge in [-0.25, -0.2) is 0 Å². The van der Waals surface area contributed by atoms with E-state index in [1.165, 1.54) is 0 Å². The van der Waals surface area contributed by atoms with Gasteiger partial charge in [0.1, 0.15) is 11.5 Å². The number of nitrogens with one attached hydrogen (secondary N) is 1. The van der Waals surface area contributed by atoms with E-state index in [0.29, 0.717) is 24.6 Å². The van der Waals surface area contributed by atoms with E-state index in [0.717, 1.165) is 22.7 Å². The van der Waals surface area contributed by atoms with E-state index in [2.05, 4.69) is 10.4 Å². The van der Waals surface area contributed by atoms with Crippen LogP contribution in [0.25, 0.3) is 0 Å². The predicted octanol–water partition coefficient (Wildman–Crippen LogP) is 3.86. The molecule has 0 bridgehead atoms. The second-order valence-corrected chi connectivity index (χ2v) is 6.84. The molecule has 1 amide bonds. The third kappa shape index (κ3) is 5.00. The van der Waals surface area contributed by atoms with Crippen molar-refractivity contribution in [1.82, 2.24) is 15.1 Å². The molecule has 0 aliphatic rings. The maximum Gasteiger partial charge on any atom is 0.287 e. The molecular weight excluding hydrogens is 342 g/mol. The summed E-state index contributed by atoms with van der Waals surface area (Å²) in [5.74, 6) is 1.57. The van der Waals surface area contributed by atoms with Crippen molar-refractivity contribution in [3.05, 3.63) is 70.9 Å². The highest BCUT2D eigenvalue weighted by Gasteiger charge is 2.12. The van der Waals surface area contributed by atoms with E-state index in [-0.39, 0.29) is 12.0 Å². The van der Waals surface area contributed by atoms with Gasteiger partial charge in [-0.15, -0.1) is 0 Å². The second-order valence-electron chi connectivity index (χ2n) is 6.84. The topological polar surface area (TPSA) is 69.3 Å². The number of hydrogen-bond acceptors (Lipinski definition) is 4. The van der Waals surface area contributed by atoms with E-state index >= 15 is 0 Å². The number of nitrogens with zero attached hydrogens (tertiary/aromatic N) is 2. The van der Waals surface area contributed by atoms with Gasteiger partial charge in [0.05, 0.1) is 18.3 Å². The second kappa shape index (κ2) is 8.12. The molecule has 0 spiro atoms. The van der Waals surface area contributed by atoms with Gasteiger partial charge in [-0.1, -0.05) is 12.1 Å². The number of hydrogen-bond donors (Lipinski definition) is 1. The van der Waals surface area contributed by atoms with Crippen LogP contribution in [0.2, 0.25) is 0 Å². The monoisotopic (exact) mass is 367 g/mol. The lowest BCUT2D eigenvalue weighted by atomic mass is 10.2. The normalized spacial score (nSPS) is 11.0. The number of benzene rings is 1. The summed E-state index contributed by atoms with van der Waals surface area (Å²) in [6.07, 6.45) is 0.137. The quantitative estimate of drug-likeness (QED) is 0.688. The number of carbonyl (C=O) groups excluding carboxylic acids is 1. The minimum atomic E-state index is -0.239. The Hall–Kier alpha value is -3.02. The Morgan fingerprint density at radius 1 is 1.19 bits per heavy atom. The van der Waals surface area contributed by atoms with Crippen molar-refractivity contribution in [2.75, 3.05) is 0 Å². The molecule has 27 heavy (non-hydrogen) atoms. The van der Waals surface area contributed by atoms with Crippen LogP contribution >= 0.6 is 0 Å². The Balaban J connectivity index is 1.55. The minimum absolute atomic E-state index is 0.137. The van der Waals surface area contributed by atoms with Gasteiger partial charge in [0.25, 0.3) is 5.91 Å². The molecule has 0 fully saturated rings. The van der Waals surface area contributed by atoms with Crippen molar-refractivity contribution >= 4 is 5.91 Å². The smallest absolute Gasteiger partial charge is 0.287 e. The zero-order valence-corrected chi connectivity index (χ0v) is 16.2. The van der Waals surface area contributed by atoms with Crippen molar-refractivity contribution < 1.29 is 13.9 Å². The van der Waals surface area contributed by atoms with Gasteiger partial charge in [-0.3, -0.25) is 9.48 Å². The van der Waals surface area contributed by atoms with E-state index in [9.17, 15) is 4.79 Å². The van der Waals surface area contributed by atoms with Crippen LogP contribution in [0.5, 0.6) is 5.75 Å². The third-order valence-corrected chi connectivity index (χ3v) is 4.04. The third-order valence-electron chi connectivity index (χ3n) is 4.04. The Morgan fingerprint density at radius 3 is 2.56 bits per heavy atom. The lowest BCUT2D eigenvalue weighted by Gasteiger charge is -2.10. The van der Waals surface area contributed by atoms with Crippen LogP contribution in [0.15, 0.2) is 46.9 Å². The van der Waals surface area contributed by atoms with Crippen LogP contribution < -0.4 is 10.1 Å². The molecule has 0 aliphatic carbocycles. The summed E-state index contributed by atoms with van der Waals surface area (Å²) in [7, 11) is 0. The Labute approximate surface area is 159 Å². The molecule has 3 aromatic rings. The van der Waals surface area contributed by atoms with E-state index in [1.807, 2.05) is 68.8 Å². The van der Waals surface area contributed by atoms with Gasteiger partial charge in [0.2, 0.25) is 0 Å². The minimum Gasteiger partial charge on any atom is -0.491 e. The standard InChI is InChI=1S/C21H25N3O3/c1-14(2)26-18-7-5-17(6-8-18)12-22-21(25)20-10-9-19(27-20)13-24-16(4)11-15(3)23-24/h5-11,14H,12-13H2,1-4H3,(H,22,25). The number of rotatable bonds is 7. The summed E-state index contributed by atoms with van der Waals surface area (Å²) in [5.41, 5.74) is 3.01. The Kier molecular flexibility index (Phi) is 5.64. The molecule has 0 atom stereocenters. The Bertz CT molecular complexity index is 907. The summed E-state index contributed by atoms with van der Waals surface area (Å²) in [6, 6.07) is 13.2. The summed E-state index contributed by atoms with van der Waals surface area (Å²) in [6.45, 7) is 8.85. The van der Waals surface area contributed by atoms with Gasteiger partial charge in [0.15, 0.2) is 5.76 Å². The van der Waals surface area contributed by atoms with Crippen molar-refractivity contribution in [2.24, 2.45) is 0 Å². The lowest BCUT2D eigenvalue weighted by molar-refractivity contribution is 0.0921. The lowest BCUT2D eigenvalue weighted by Crippen LogP contribution is -2.22. The van der Waals surface area contributed by atoms with E-state index in [4.69, 9.17) is 9.15 Å². The molecule has 3 rings (SSSR count). The molecule has 2 aromatic heterocycles. The molecule has 1 aromatic carbocycles. The zero-order valence-electron chi connectivity index (χ0n) is 16.2. The van der Waals surface area contributed by atoms with Gasteiger partial charge in [0, 0.05) is 12.2 Å². The number of furan rings is 1. The molecule has 1 N–H and O–H groups in total. The number of aryl methyl sites for hydroxylation is 2. The zero-order chi connectivity index (χ0) is 19.4. The van der Waals surface area contributed by atoms with Crippen LogP contribution in [0.4, 0.5) is 0 Å². The van der Waals surface area contributed by atoms with Crippen molar-refractivity contribution in [3.8, 4) is 5.75 Å². The fourth-order valence-corrected chi connectivity index (χ4v) is 2.80. The van der Waals surface area contributed by atoms with Crippen molar-refractivity contribution in [2.45, 2.75) is 46.9 Å². The Morgan fingerprint density at radius 2 is 1.93 bits per heavy atom. The summed E-state index contributed by atoms with van der Waals surface area (Å²) in [4.78, 5) is 12.3. The molecule has 142 valence electrons. The molecule has 0 unspecified atom stereocenters. The fraction of sp³-hybridized carbons (Fsp3) is 0.333. The molecular formula is C21H25N3O3. The van der Waals surface area contributed by atoms with Gasteiger partial charge < -0.3 is 14.5 Å². The van der Waals surface area contributed by atoms with Crippen LogP contribution in [0.1, 0.15) is 47.1 Å². The highest BCUT2D eigenvalue weighted by Crippen LogP contribution is 2.15. The number of amides is 1. The van der Waals surface area contributed by atoms with E-state index < -0.39 is 0 Å². The summed E-state index contributed by atoms with van der Waals surface area (Å²) >= 11 is 0. The van der Waals surface area contributed by atoms with Crippen molar-refractivity contribution in [1.29, 1.82) is 0 Å². The number of ether oxygens (including phenoxy) is 1. The van der Waals surface area contributed by atoms with Crippen LogP contribution in [0.3, 0.4) is 0 Å². The molecule has 0 saturated heterocycles. The maximum atomic E-state index is 12.3. The SMILES string of the molecule is Cc1cc(C)n(Cc2ccc(C(=O)NCc3ccc(OC(C)C)cc3)o2)n1. The average Bonchev–Trinajstić information content (AvgIpc) is 3.20. The largest absolute Gasteiger partial charge is 0.491 e. The average molecular weight is 367 g/mol. The first-order valence-electron chi connectivity index (χ1n) is 9.04. The van der Waals surface area contributed by atoms with Gasteiger partial charge in [-0.05, 0) is 63.6 Å². The number of carbonyl (C=O) groups is 1. The highest BCUT2D eigenvalue weighted by molar-refractivity contribution is 5.91. The van der Waals surface area contributed by atoms with Crippen molar-refractivity contribution in [3.63, 3.8) is 0 Å². The molecule has 6 nitrogen and oxygen atoms in total. The van der Waals surface area contributed by atoms with Crippen LogP contribution in [-0.4, -0.2) is 21.8 Å².